The number of amides is 1. The summed E-state index contributed by atoms with van der Waals surface area (Å²) in [5, 5.41) is 12.6. The molecule has 1 fully saturated rings. The largest absolute Gasteiger partial charge is 0.479 e. The third-order valence-corrected chi connectivity index (χ3v) is 6.65. The minimum absolute atomic E-state index is 0.159. The predicted molar refractivity (Wildman–Crippen MR) is 142 cm³/mol. The third-order valence-electron chi connectivity index (χ3n) is 6.42. The molecule has 6 nitrogen and oxygen atoms in total. The van der Waals surface area contributed by atoms with Gasteiger partial charge in [0.05, 0.1) is 17.8 Å². The van der Waals surface area contributed by atoms with E-state index in [-0.39, 0.29) is 22.9 Å². The van der Waals surface area contributed by atoms with Gasteiger partial charge in [0.25, 0.3) is 0 Å². The maximum absolute atomic E-state index is 14.3. The number of rotatable bonds is 11. The molecular formula is C28H36ClFN2O4. The minimum Gasteiger partial charge on any atom is -0.479 e. The van der Waals surface area contributed by atoms with Crippen molar-refractivity contribution in [2.75, 3.05) is 16.8 Å². The second-order valence-electron chi connectivity index (χ2n) is 9.83. The first-order valence-electron chi connectivity index (χ1n) is 12.7. The Morgan fingerprint density at radius 2 is 1.89 bits per heavy atom. The molecule has 8 heteroatoms. The van der Waals surface area contributed by atoms with Crippen LogP contribution < -0.4 is 15.0 Å². The normalized spacial score (nSPS) is 14.9. The fourth-order valence-corrected chi connectivity index (χ4v) is 4.83. The van der Waals surface area contributed by atoms with E-state index in [0.717, 1.165) is 37.9 Å². The van der Waals surface area contributed by atoms with Crippen molar-refractivity contribution in [1.82, 2.24) is 0 Å². The van der Waals surface area contributed by atoms with Gasteiger partial charge in [0.1, 0.15) is 11.6 Å². The Bertz CT molecular complexity index is 1060. The van der Waals surface area contributed by atoms with Crippen molar-refractivity contribution in [3.05, 3.63) is 52.8 Å². The van der Waals surface area contributed by atoms with Crippen molar-refractivity contribution >= 4 is 34.9 Å². The molecule has 0 spiro atoms. The lowest BCUT2D eigenvalue weighted by molar-refractivity contribution is -0.145. The van der Waals surface area contributed by atoms with E-state index in [2.05, 4.69) is 24.1 Å². The van der Waals surface area contributed by atoms with Crippen molar-refractivity contribution < 1.29 is 23.8 Å². The van der Waals surface area contributed by atoms with Crippen LogP contribution in [0.2, 0.25) is 5.02 Å². The molecule has 0 aromatic heterocycles. The van der Waals surface area contributed by atoms with Crippen molar-refractivity contribution in [3.63, 3.8) is 0 Å². The first-order chi connectivity index (χ1) is 17.2. The van der Waals surface area contributed by atoms with Crippen molar-refractivity contribution in [2.45, 2.75) is 77.9 Å². The molecule has 0 aliphatic heterocycles. The van der Waals surface area contributed by atoms with Crippen LogP contribution in [0.1, 0.15) is 64.9 Å². The van der Waals surface area contributed by atoms with Crippen molar-refractivity contribution in [1.29, 1.82) is 0 Å². The van der Waals surface area contributed by atoms with Gasteiger partial charge in [-0.1, -0.05) is 57.7 Å². The lowest BCUT2D eigenvalue weighted by atomic mass is 9.93. The molecule has 0 bridgehead atoms. The topological polar surface area (TPSA) is 78.9 Å². The number of carbonyl (C=O) groups excluding carboxylic acids is 1. The molecule has 0 saturated heterocycles. The Hall–Kier alpha value is -2.80. The molecule has 3 rings (SSSR count). The molecule has 36 heavy (non-hydrogen) atoms. The molecule has 1 aliphatic rings. The van der Waals surface area contributed by atoms with Gasteiger partial charge in [-0.05, 0) is 55.0 Å². The van der Waals surface area contributed by atoms with Crippen LogP contribution in [0.4, 0.5) is 15.8 Å². The number of nitrogens with zero attached hydrogens (tertiary/aromatic N) is 1. The van der Waals surface area contributed by atoms with E-state index in [0.29, 0.717) is 29.8 Å². The monoisotopic (exact) mass is 518 g/mol. The molecule has 1 saturated carbocycles. The average Bonchev–Trinajstić information content (AvgIpc) is 2.83. The number of aliphatic carboxylic acids is 1. The zero-order chi connectivity index (χ0) is 26.2. The quantitative estimate of drug-likeness (QED) is 0.346. The lowest BCUT2D eigenvalue weighted by Crippen LogP contribution is -2.40. The highest BCUT2D eigenvalue weighted by Crippen LogP contribution is 2.36. The summed E-state index contributed by atoms with van der Waals surface area (Å²) in [4.78, 5) is 26.9. The molecule has 2 N–H and O–H groups in total. The van der Waals surface area contributed by atoms with Gasteiger partial charge < -0.3 is 20.1 Å². The van der Waals surface area contributed by atoms with Crippen LogP contribution in [-0.2, 0) is 16.0 Å². The minimum atomic E-state index is -1.05. The van der Waals surface area contributed by atoms with Gasteiger partial charge in [-0.25, -0.2) is 9.18 Å². The van der Waals surface area contributed by atoms with Crippen LogP contribution >= 0.6 is 11.6 Å². The number of hydrogen-bond acceptors (Lipinski definition) is 4. The van der Waals surface area contributed by atoms with Crippen LogP contribution in [0.25, 0.3) is 0 Å². The zero-order valence-electron chi connectivity index (χ0n) is 21.2. The molecule has 1 aliphatic carbocycles. The Balaban J connectivity index is 1.95. The van der Waals surface area contributed by atoms with Crippen LogP contribution in [0.5, 0.6) is 5.75 Å². The number of hydrogen-bond donors (Lipinski definition) is 2. The van der Waals surface area contributed by atoms with Gasteiger partial charge >= 0.3 is 5.97 Å². The molecule has 1 atom stereocenters. The summed E-state index contributed by atoms with van der Waals surface area (Å²) in [6, 6.07) is 9.91. The highest BCUT2D eigenvalue weighted by atomic mass is 35.5. The number of carboxylic acids is 1. The van der Waals surface area contributed by atoms with E-state index in [1.807, 2.05) is 6.07 Å². The molecular weight excluding hydrogens is 483 g/mol. The van der Waals surface area contributed by atoms with Crippen molar-refractivity contribution in [2.24, 2.45) is 5.92 Å². The van der Waals surface area contributed by atoms with Crippen LogP contribution in [-0.4, -0.2) is 35.7 Å². The first kappa shape index (κ1) is 27.8. The molecule has 196 valence electrons. The highest BCUT2D eigenvalue weighted by Gasteiger charge is 2.26. The maximum atomic E-state index is 14.3. The van der Waals surface area contributed by atoms with Gasteiger partial charge in [-0.15, -0.1) is 0 Å². The van der Waals surface area contributed by atoms with Crippen molar-refractivity contribution in [3.8, 4) is 5.75 Å². The lowest BCUT2D eigenvalue weighted by Gasteiger charge is -2.38. The number of anilines is 2. The van der Waals surface area contributed by atoms with Gasteiger partial charge in [0.2, 0.25) is 5.91 Å². The second kappa shape index (κ2) is 12.9. The second-order valence-corrected chi connectivity index (χ2v) is 10.3. The van der Waals surface area contributed by atoms with Gasteiger partial charge in [0.15, 0.2) is 6.10 Å². The molecule has 1 unspecified atom stereocenters. The number of carbonyl (C=O) groups is 2. The molecule has 2 aromatic carbocycles. The number of nitrogens with one attached hydrogen (secondary N) is 1. The van der Waals surface area contributed by atoms with Gasteiger partial charge in [0, 0.05) is 23.7 Å². The Morgan fingerprint density at radius 1 is 1.17 bits per heavy atom. The smallest absolute Gasteiger partial charge is 0.344 e. The number of benzene rings is 2. The summed E-state index contributed by atoms with van der Waals surface area (Å²) in [6.07, 6.45) is 4.85. The summed E-state index contributed by atoms with van der Waals surface area (Å²) >= 11 is 5.85. The molecule has 0 heterocycles. The number of halogens is 2. The van der Waals surface area contributed by atoms with Gasteiger partial charge in [-0.3, -0.25) is 4.79 Å². The summed E-state index contributed by atoms with van der Waals surface area (Å²) < 4.78 is 20.0. The van der Waals surface area contributed by atoms with Crippen LogP contribution in [0.3, 0.4) is 0 Å². The van der Waals surface area contributed by atoms with E-state index >= 15 is 0 Å². The Morgan fingerprint density at radius 3 is 2.50 bits per heavy atom. The molecule has 2 aromatic rings. The van der Waals surface area contributed by atoms with Gasteiger partial charge in [-0.2, -0.15) is 0 Å². The Kier molecular flexibility index (Phi) is 9.99. The molecule has 1 amide bonds. The fourth-order valence-electron chi connectivity index (χ4n) is 4.67. The standard InChI is InChI=1S/C28H36ClFN2O4/c1-4-26(28(34)35)36-22-12-13-25(32(17-18(2)3)21-8-6-5-7-9-21)24(16-22)31-27(33)14-19-10-11-20(29)15-23(19)30/h10-13,15-16,18,21,26H,4-9,14,17H2,1-3H3,(H,31,33)(H,34,35). The van der Waals surface area contributed by atoms with E-state index in [1.54, 1.807) is 25.1 Å². The predicted octanol–water partition coefficient (Wildman–Crippen LogP) is 6.70. The van der Waals surface area contributed by atoms with E-state index in [9.17, 15) is 19.1 Å². The van der Waals surface area contributed by atoms with Crippen LogP contribution in [0.15, 0.2) is 36.4 Å². The summed E-state index contributed by atoms with van der Waals surface area (Å²) in [7, 11) is 0. The maximum Gasteiger partial charge on any atom is 0.344 e. The summed E-state index contributed by atoms with van der Waals surface area (Å²) in [5.74, 6) is -1.21. The van der Waals surface area contributed by atoms with E-state index < -0.39 is 17.9 Å². The number of ether oxygens (including phenoxy) is 1. The molecule has 0 radical (unpaired) electrons. The summed E-state index contributed by atoms with van der Waals surface area (Å²) in [6.45, 7) is 6.87. The highest BCUT2D eigenvalue weighted by molar-refractivity contribution is 6.30. The van der Waals surface area contributed by atoms with Crippen LogP contribution in [0, 0.1) is 11.7 Å². The fraction of sp³-hybridized carbons (Fsp3) is 0.500. The average molecular weight is 519 g/mol. The first-order valence-corrected chi connectivity index (χ1v) is 13.1. The third kappa shape index (κ3) is 7.60. The zero-order valence-corrected chi connectivity index (χ0v) is 22.0. The number of carboxylic acid groups (broad SMARTS) is 1. The van der Waals surface area contributed by atoms with E-state index in [4.69, 9.17) is 16.3 Å². The Labute approximate surface area is 217 Å². The summed E-state index contributed by atoms with van der Waals surface area (Å²) in [5.41, 5.74) is 1.63. The SMILES string of the molecule is CCC(Oc1ccc(N(CC(C)C)C2CCCCC2)c(NC(=O)Cc2ccc(Cl)cc2F)c1)C(=O)O. The van der Waals surface area contributed by atoms with E-state index in [1.165, 1.54) is 18.6 Å².